The molecule has 3 nitrogen and oxygen atoms in total. The molecule has 0 aliphatic rings. The van der Waals surface area contributed by atoms with E-state index in [2.05, 4.69) is 9.72 Å². The highest BCUT2D eigenvalue weighted by Crippen LogP contribution is 2.20. The van der Waals surface area contributed by atoms with Crippen molar-refractivity contribution in [3.63, 3.8) is 0 Å². The van der Waals surface area contributed by atoms with Crippen molar-refractivity contribution in [1.82, 2.24) is 4.98 Å². The molecular weight excluding hydrogens is 299 g/mol. The SMILES string of the molecule is C[C@@H](N)c1ncc(OCC(F)(F)F)cc1F.Cl.Cl. The summed E-state index contributed by atoms with van der Waals surface area (Å²) in [5, 5.41) is 0. The summed E-state index contributed by atoms with van der Waals surface area (Å²) in [4.78, 5) is 3.59. The maximum atomic E-state index is 13.2. The molecule has 0 bridgehead atoms. The van der Waals surface area contributed by atoms with Crippen molar-refractivity contribution in [3.8, 4) is 5.75 Å². The predicted octanol–water partition coefficient (Wildman–Crippen LogP) is 3.03. The van der Waals surface area contributed by atoms with Crippen LogP contribution >= 0.6 is 24.8 Å². The molecule has 1 aromatic rings. The molecule has 9 heteroatoms. The van der Waals surface area contributed by atoms with Gasteiger partial charge in [-0.25, -0.2) is 4.39 Å². The van der Waals surface area contributed by atoms with Crippen LogP contribution in [0.4, 0.5) is 17.6 Å². The standard InChI is InChI=1S/C9H10F4N2O.2ClH/c1-5(14)8-7(10)2-6(3-15-8)16-4-9(11,12)13;;/h2-3,5H,4,14H2,1H3;2*1H/t5-;;/m1../s1. The Morgan fingerprint density at radius 2 is 1.94 bits per heavy atom. The van der Waals surface area contributed by atoms with Gasteiger partial charge in [0, 0.05) is 12.1 Å². The van der Waals surface area contributed by atoms with E-state index in [1.54, 1.807) is 0 Å². The summed E-state index contributed by atoms with van der Waals surface area (Å²) in [6.07, 6.45) is -3.45. The fraction of sp³-hybridized carbons (Fsp3) is 0.444. The van der Waals surface area contributed by atoms with Gasteiger partial charge in [-0.1, -0.05) is 0 Å². The lowest BCUT2D eigenvalue weighted by atomic mass is 10.2. The smallest absolute Gasteiger partial charge is 0.422 e. The Labute approximate surface area is 114 Å². The van der Waals surface area contributed by atoms with Gasteiger partial charge in [-0.2, -0.15) is 13.2 Å². The van der Waals surface area contributed by atoms with Crippen LogP contribution in [0.5, 0.6) is 5.75 Å². The Bertz CT molecular complexity index is 374. The third-order valence-electron chi connectivity index (χ3n) is 1.68. The van der Waals surface area contributed by atoms with Crippen LogP contribution in [-0.4, -0.2) is 17.8 Å². The van der Waals surface area contributed by atoms with Gasteiger partial charge in [0.25, 0.3) is 0 Å². The Morgan fingerprint density at radius 1 is 1.39 bits per heavy atom. The molecule has 106 valence electrons. The largest absolute Gasteiger partial charge is 0.482 e. The van der Waals surface area contributed by atoms with Crippen molar-refractivity contribution in [2.45, 2.75) is 19.1 Å². The zero-order chi connectivity index (χ0) is 12.3. The summed E-state index contributed by atoms with van der Waals surface area (Å²) < 4.78 is 52.9. The minimum absolute atomic E-state index is 0. The monoisotopic (exact) mass is 310 g/mol. The minimum Gasteiger partial charge on any atom is -0.482 e. The number of pyridine rings is 1. The second-order valence-electron chi connectivity index (χ2n) is 3.23. The molecule has 1 atom stereocenters. The Morgan fingerprint density at radius 3 is 2.33 bits per heavy atom. The fourth-order valence-electron chi connectivity index (χ4n) is 1.01. The van der Waals surface area contributed by atoms with Crippen LogP contribution in [-0.2, 0) is 0 Å². The van der Waals surface area contributed by atoms with Gasteiger partial charge in [-0.3, -0.25) is 4.98 Å². The molecule has 0 fully saturated rings. The molecule has 0 amide bonds. The third-order valence-corrected chi connectivity index (χ3v) is 1.68. The summed E-state index contributed by atoms with van der Waals surface area (Å²) in [5.74, 6) is -1.06. The first-order valence-electron chi connectivity index (χ1n) is 4.40. The van der Waals surface area contributed by atoms with Crippen molar-refractivity contribution < 1.29 is 22.3 Å². The normalized spacial score (nSPS) is 12.1. The van der Waals surface area contributed by atoms with E-state index in [-0.39, 0.29) is 36.3 Å². The number of rotatable bonds is 3. The Hall–Kier alpha value is -0.790. The molecular formula is C9H12Cl2F4N2O. The van der Waals surface area contributed by atoms with Crippen molar-refractivity contribution >= 4 is 24.8 Å². The lowest BCUT2D eigenvalue weighted by molar-refractivity contribution is -0.153. The summed E-state index contributed by atoms with van der Waals surface area (Å²) in [5.41, 5.74) is 5.37. The number of nitrogens with two attached hydrogens (primary N) is 1. The maximum Gasteiger partial charge on any atom is 0.422 e. The van der Waals surface area contributed by atoms with Crippen LogP contribution in [0.25, 0.3) is 0 Å². The molecule has 0 aromatic carbocycles. The molecule has 0 saturated carbocycles. The molecule has 0 aliphatic carbocycles. The van der Waals surface area contributed by atoms with Crippen molar-refractivity contribution in [2.24, 2.45) is 5.73 Å². The van der Waals surface area contributed by atoms with Crippen LogP contribution in [0.3, 0.4) is 0 Å². The summed E-state index contributed by atoms with van der Waals surface area (Å²) in [7, 11) is 0. The van der Waals surface area contributed by atoms with Gasteiger partial charge in [0.05, 0.1) is 11.9 Å². The van der Waals surface area contributed by atoms with E-state index in [1.807, 2.05) is 0 Å². The summed E-state index contributed by atoms with van der Waals surface area (Å²) in [6, 6.07) is 0.203. The molecule has 1 rings (SSSR count). The van der Waals surface area contributed by atoms with E-state index >= 15 is 0 Å². The third kappa shape index (κ3) is 6.23. The highest BCUT2D eigenvalue weighted by molar-refractivity contribution is 5.85. The van der Waals surface area contributed by atoms with E-state index in [0.717, 1.165) is 12.3 Å². The number of aromatic nitrogens is 1. The maximum absolute atomic E-state index is 13.2. The molecule has 18 heavy (non-hydrogen) atoms. The summed E-state index contributed by atoms with van der Waals surface area (Å²) >= 11 is 0. The lowest BCUT2D eigenvalue weighted by Gasteiger charge is -2.10. The first-order chi connectivity index (χ1) is 7.29. The summed E-state index contributed by atoms with van der Waals surface area (Å²) in [6.45, 7) is 0.0350. The lowest BCUT2D eigenvalue weighted by Crippen LogP contribution is -2.19. The van der Waals surface area contributed by atoms with Crippen LogP contribution in [0.1, 0.15) is 18.7 Å². The Kier molecular flexibility index (Phi) is 8.26. The highest BCUT2D eigenvalue weighted by atomic mass is 35.5. The molecule has 0 spiro atoms. The van der Waals surface area contributed by atoms with E-state index in [9.17, 15) is 17.6 Å². The van der Waals surface area contributed by atoms with Crippen LogP contribution in [0.2, 0.25) is 0 Å². The fourth-order valence-corrected chi connectivity index (χ4v) is 1.01. The van der Waals surface area contributed by atoms with Crippen LogP contribution in [0, 0.1) is 5.82 Å². The number of hydrogen-bond acceptors (Lipinski definition) is 3. The second kappa shape index (κ2) is 7.60. The number of halogens is 6. The minimum atomic E-state index is -4.46. The van der Waals surface area contributed by atoms with Gasteiger partial charge in [0.15, 0.2) is 6.61 Å². The van der Waals surface area contributed by atoms with Gasteiger partial charge in [-0.15, -0.1) is 24.8 Å². The average molecular weight is 311 g/mol. The number of ether oxygens (including phenoxy) is 1. The quantitative estimate of drug-likeness (QED) is 0.873. The second-order valence-corrected chi connectivity index (χ2v) is 3.23. The van der Waals surface area contributed by atoms with Gasteiger partial charge < -0.3 is 10.5 Å². The Balaban J connectivity index is 0. The highest BCUT2D eigenvalue weighted by Gasteiger charge is 2.28. The number of nitrogens with zero attached hydrogens (tertiary/aromatic N) is 1. The first kappa shape index (κ1) is 19.5. The average Bonchev–Trinajstić information content (AvgIpc) is 2.13. The predicted molar refractivity (Wildman–Crippen MR) is 62.8 cm³/mol. The molecule has 1 aromatic heterocycles. The van der Waals surface area contributed by atoms with Gasteiger partial charge in [0.1, 0.15) is 11.6 Å². The van der Waals surface area contributed by atoms with E-state index in [0.29, 0.717) is 0 Å². The number of alkyl halides is 3. The molecule has 0 unspecified atom stereocenters. The molecule has 0 saturated heterocycles. The van der Waals surface area contributed by atoms with Gasteiger partial charge in [-0.05, 0) is 6.92 Å². The van der Waals surface area contributed by atoms with Crippen LogP contribution in [0.15, 0.2) is 12.3 Å². The molecule has 1 heterocycles. The van der Waals surface area contributed by atoms with E-state index in [1.165, 1.54) is 6.92 Å². The number of hydrogen-bond donors (Lipinski definition) is 1. The first-order valence-corrected chi connectivity index (χ1v) is 4.40. The molecule has 0 aliphatic heterocycles. The van der Waals surface area contributed by atoms with E-state index in [4.69, 9.17) is 5.73 Å². The van der Waals surface area contributed by atoms with Gasteiger partial charge in [0.2, 0.25) is 0 Å². The zero-order valence-electron chi connectivity index (χ0n) is 9.20. The topological polar surface area (TPSA) is 48.1 Å². The molecule has 0 radical (unpaired) electrons. The van der Waals surface area contributed by atoms with Crippen molar-refractivity contribution in [3.05, 3.63) is 23.8 Å². The van der Waals surface area contributed by atoms with Gasteiger partial charge >= 0.3 is 6.18 Å². The van der Waals surface area contributed by atoms with E-state index < -0.39 is 24.6 Å². The van der Waals surface area contributed by atoms with Crippen molar-refractivity contribution in [2.75, 3.05) is 6.61 Å². The van der Waals surface area contributed by atoms with Crippen LogP contribution < -0.4 is 10.5 Å². The molecule has 2 N–H and O–H groups in total. The zero-order valence-corrected chi connectivity index (χ0v) is 10.8. The van der Waals surface area contributed by atoms with Crippen molar-refractivity contribution in [1.29, 1.82) is 0 Å².